The molecule has 86 valence electrons. The molecule has 0 bridgehead atoms. The minimum Gasteiger partial charge on any atom is -0.493 e. The van der Waals surface area contributed by atoms with Gasteiger partial charge in [-0.2, -0.15) is 0 Å². The van der Waals surface area contributed by atoms with Crippen molar-refractivity contribution in [3.05, 3.63) is 17.8 Å². The average molecular weight is 286 g/mol. The zero-order valence-electron chi connectivity index (χ0n) is 9.12. The van der Waals surface area contributed by atoms with E-state index in [2.05, 4.69) is 21.1 Å². The van der Waals surface area contributed by atoms with Gasteiger partial charge in [0.25, 0.3) is 0 Å². The second kappa shape index (κ2) is 4.74. The van der Waals surface area contributed by atoms with Crippen molar-refractivity contribution in [2.45, 2.75) is 6.42 Å². The molecular weight excluding hydrogens is 274 g/mol. The highest BCUT2D eigenvalue weighted by Gasteiger charge is 2.16. The van der Waals surface area contributed by atoms with Crippen LogP contribution >= 0.6 is 15.9 Å². The van der Waals surface area contributed by atoms with Gasteiger partial charge in [0.15, 0.2) is 5.75 Å². The highest BCUT2D eigenvalue weighted by atomic mass is 79.9. The molecule has 0 saturated carbocycles. The van der Waals surface area contributed by atoms with E-state index >= 15 is 0 Å². The first-order chi connectivity index (χ1) is 7.81. The van der Waals surface area contributed by atoms with Crippen LogP contribution in [-0.2, 0) is 6.42 Å². The molecule has 0 N–H and O–H groups in total. The first-order valence-corrected chi connectivity index (χ1v) is 5.99. The molecule has 4 nitrogen and oxygen atoms in total. The van der Waals surface area contributed by atoms with Crippen LogP contribution < -0.4 is 9.47 Å². The summed E-state index contributed by atoms with van der Waals surface area (Å²) in [6.07, 6.45) is 0.822. The quantitative estimate of drug-likeness (QED) is 0.811. The van der Waals surface area contributed by atoms with Crippen LogP contribution in [0.5, 0.6) is 11.5 Å². The van der Waals surface area contributed by atoms with Gasteiger partial charge in [0.2, 0.25) is 11.3 Å². The molecule has 16 heavy (non-hydrogen) atoms. The minimum absolute atomic E-state index is 0.591. The van der Waals surface area contributed by atoms with Crippen LogP contribution in [0.2, 0.25) is 0 Å². The lowest BCUT2D eigenvalue weighted by molar-refractivity contribution is 0.347. The fourth-order valence-corrected chi connectivity index (χ4v) is 2.01. The Balaban J connectivity index is 2.61. The Kier molecular flexibility index (Phi) is 3.33. The van der Waals surface area contributed by atoms with Crippen molar-refractivity contribution in [3.8, 4) is 11.5 Å². The smallest absolute Gasteiger partial charge is 0.212 e. The molecule has 0 amide bonds. The Bertz CT molecular complexity index is 495. The Hall–Kier alpha value is -1.23. The number of hydrogen-bond acceptors (Lipinski definition) is 4. The summed E-state index contributed by atoms with van der Waals surface area (Å²) in [5.74, 6) is 1.24. The molecule has 0 aliphatic carbocycles. The van der Waals surface area contributed by atoms with E-state index < -0.39 is 0 Å². The molecule has 1 heterocycles. The Morgan fingerprint density at radius 1 is 1.31 bits per heavy atom. The van der Waals surface area contributed by atoms with E-state index in [0.717, 1.165) is 22.8 Å². The van der Waals surface area contributed by atoms with Crippen LogP contribution in [0.3, 0.4) is 0 Å². The second-order valence-electron chi connectivity index (χ2n) is 3.25. The van der Waals surface area contributed by atoms with Gasteiger partial charge in [-0.25, -0.2) is 0 Å². The summed E-state index contributed by atoms with van der Waals surface area (Å²) in [4.78, 5) is 0. The molecule has 2 aromatic rings. The first kappa shape index (κ1) is 11.3. The maximum Gasteiger partial charge on any atom is 0.212 e. The molecule has 5 heteroatoms. The summed E-state index contributed by atoms with van der Waals surface area (Å²) in [6, 6.07) is 3.79. The standard InChI is InChI=1S/C11H12BrNO3/c1-14-9-4-3-7-8(5-6-12)13-16-10(7)11(9)15-2/h3-4H,5-6H2,1-2H3. The van der Waals surface area contributed by atoms with Gasteiger partial charge in [0.1, 0.15) is 0 Å². The number of fused-ring (bicyclic) bond motifs is 1. The molecule has 0 radical (unpaired) electrons. The number of methoxy groups -OCH3 is 2. The lowest BCUT2D eigenvalue weighted by Crippen LogP contribution is -1.91. The van der Waals surface area contributed by atoms with Gasteiger partial charge >= 0.3 is 0 Å². The van der Waals surface area contributed by atoms with Crippen LogP contribution in [0.15, 0.2) is 16.7 Å². The molecule has 0 unspecified atom stereocenters. The average Bonchev–Trinajstić information content (AvgIpc) is 2.72. The topological polar surface area (TPSA) is 44.5 Å². The normalized spacial score (nSPS) is 10.7. The number of alkyl halides is 1. The minimum atomic E-state index is 0.591. The zero-order valence-corrected chi connectivity index (χ0v) is 10.7. The number of rotatable bonds is 4. The van der Waals surface area contributed by atoms with Crippen molar-refractivity contribution in [1.82, 2.24) is 5.16 Å². The fraction of sp³-hybridized carbons (Fsp3) is 0.364. The third-order valence-corrected chi connectivity index (χ3v) is 2.79. The summed E-state index contributed by atoms with van der Waals surface area (Å²) in [5, 5.41) is 5.85. The number of benzene rings is 1. The fourth-order valence-electron chi connectivity index (χ4n) is 1.64. The predicted octanol–water partition coefficient (Wildman–Crippen LogP) is 2.78. The second-order valence-corrected chi connectivity index (χ2v) is 4.04. The number of nitrogens with zero attached hydrogens (tertiary/aromatic N) is 1. The van der Waals surface area contributed by atoms with Crippen LogP contribution in [0.4, 0.5) is 0 Å². The predicted molar refractivity (Wildman–Crippen MR) is 64.6 cm³/mol. The highest BCUT2D eigenvalue weighted by Crippen LogP contribution is 2.36. The SMILES string of the molecule is COc1ccc2c(CCBr)noc2c1OC. The van der Waals surface area contributed by atoms with Gasteiger partial charge in [0.05, 0.1) is 19.9 Å². The Morgan fingerprint density at radius 2 is 2.12 bits per heavy atom. The van der Waals surface area contributed by atoms with Crippen LogP contribution in [0.25, 0.3) is 11.0 Å². The Labute approximate surface area is 102 Å². The van der Waals surface area contributed by atoms with E-state index in [1.54, 1.807) is 14.2 Å². The number of aromatic nitrogens is 1. The first-order valence-electron chi connectivity index (χ1n) is 4.87. The number of aryl methyl sites for hydroxylation is 1. The highest BCUT2D eigenvalue weighted by molar-refractivity contribution is 9.09. The number of hydrogen-bond donors (Lipinski definition) is 0. The van der Waals surface area contributed by atoms with Crippen molar-refractivity contribution in [3.63, 3.8) is 0 Å². The lowest BCUT2D eigenvalue weighted by Gasteiger charge is -2.06. The third kappa shape index (κ3) is 1.75. The molecule has 0 atom stereocenters. The van der Waals surface area contributed by atoms with Crippen molar-refractivity contribution in [2.75, 3.05) is 19.5 Å². The van der Waals surface area contributed by atoms with E-state index in [1.807, 2.05) is 12.1 Å². The molecule has 0 aliphatic heterocycles. The van der Waals surface area contributed by atoms with Gasteiger partial charge in [-0.1, -0.05) is 21.1 Å². The van der Waals surface area contributed by atoms with Crippen molar-refractivity contribution in [1.29, 1.82) is 0 Å². The molecule has 1 aromatic carbocycles. The Morgan fingerprint density at radius 3 is 2.75 bits per heavy atom. The summed E-state index contributed by atoms with van der Waals surface area (Å²) < 4.78 is 15.8. The van der Waals surface area contributed by atoms with E-state index in [1.165, 1.54) is 0 Å². The maximum atomic E-state index is 5.29. The van der Waals surface area contributed by atoms with E-state index in [9.17, 15) is 0 Å². The molecule has 1 aromatic heterocycles. The molecule has 0 aliphatic rings. The summed E-state index contributed by atoms with van der Waals surface area (Å²) in [5.41, 5.74) is 1.56. The van der Waals surface area contributed by atoms with E-state index in [-0.39, 0.29) is 0 Å². The lowest BCUT2D eigenvalue weighted by atomic mass is 10.1. The molecule has 2 rings (SSSR count). The molecule has 0 saturated heterocycles. The number of halogens is 1. The van der Waals surface area contributed by atoms with Gasteiger partial charge in [0, 0.05) is 17.1 Å². The molecular formula is C11H12BrNO3. The molecule has 0 fully saturated rings. The van der Waals surface area contributed by atoms with Gasteiger partial charge < -0.3 is 14.0 Å². The van der Waals surface area contributed by atoms with Crippen LogP contribution in [-0.4, -0.2) is 24.7 Å². The third-order valence-electron chi connectivity index (χ3n) is 2.39. The van der Waals surface area contributed by atoms with Crippen molar-refractivity contribution in [2.24, 2.45) is 0 Å². The summed E-state index contributed by atoms with van der Waals surface area (Å²) >= 11 is 3.38. The monoisotopic (exact) mass is 285 g/mol. The largest absolute Gasteiger partial charge is 0.493 e. The zero-order chi connectivity index (χ0) is 11.5. The van der Waals surface area contributed by atoms with Crippen molar-refractivity contribution >= 4 is 26.9 Å². The van der Waals surface area contributed by atoms with Crippen LogP contribution in [0.1, 0.15) is 5.69 Å². The van der Waals surface area contributed by atoms with Gasteiger partial charge in [-0.3, -0.25) is 0 Å². The van der Waals surface area contributed by atoms with E-state index in [0.29, 0.717) is 17.1 Å². The van der Waals surface area contributed by atoms with Crippen molar-refractivity contribution < 1.29 is 14.0 Å². The summed E-state index contributed by atoms with van der Waals surface area (Å²) in [7, 11) is 3.18. The number of ether oxygens (including phenoxy) is 2. The maximum absolute atomic E-state index is 5.29. The molecule has 0 spiro atoms. The summed E-state index contributed by atoms with van der Waals surface area (Å²) in [6.45, 7) is 0. The van der Waals surface area contributed by atoms with Crippen LogP contribution in [0, 0.1) is 0 Å². The van der Waals surface area contributed by atoms with Gasteiger partial charge in [-0.15, -0.1) is 0 Å². The van der Waals surface area contributed by atoms with Gasteiger partial charge in [-0.05, 0) is 12.1 Å². The van der Waals surface area contributed by atoms with E-state index in [4.69, 9.17) is 14.0 Å².